The predicted octanol–water partition coefficient (Wildman–Crippen LogP) is 3.01. The molecule has 0 aromatic heterocycles. The van der Waals surface area contributed by atoms with E-state index in [0.29, 0.717) is 12.0 Å². The third-order valence-electron chi connectivity index (χ3n) is 2.34. The van der Waals surface area contributed by atoms with E-state index in [1.807, 2.05) is 29.5 Å². The Balaban J connectivity index is 3.34. The van der Waals surface area contributed by atoms with Crippen LogP contribution in [-0.2, 0) is 0 Å². The second-order valence-electron chi connectivity index (χ2n) is 3.68. The number of rotatable bonds is 4. The average molecular weight is 349 g/mol. The van der Waals surface area contributed by atoms with Gasteiger partial charge in [0, 0.05) is 6.07 Å². The summed E-state index contributed by atoms with van der Waals surface area (Å²) in [6.45, 7) is 3.49. The van der Waals surface area contributed by atoms with Gasteiger partial charge in [0.05, 0.1) is 14.4 Å². The molecule has 1 unspecified atom stereocenters. The standard InChI is InChI=1S/C11H12INO4/c1-3-8(12)10(14)7-4-6(2)5-9(11(7)15)13(16)17/h4-5,8,15H,3H2,1-2H3. The molecular formula is C11H12INO4. The Labute approximate surface area is 112 Å². The fourth-order valence-corrected chi connectivity index (χ4v) is 1.78. The van der Waals surface area contributed by atoms with Gasteiger partial charge in [-0.15, -0.1) is 0 Å². The lowest BCUT2D eigenvalue weighted by molar-refractivity contribution is -0.385. The number of carbonyl (C=O) groups excluding carboxylic acids is 1. The summed E-state index contributed by atoms with van der Waals surface area (Å²) < 4.78 is -0.292. The van der Waals surface area contributed by atoms with Crippen molar-refractivity contribution < 1.29 is 14.8 Å². The summed E-state index contributed by atoms with van der Waals surface area (Å²) in [5.41, 5.74) is 0.184. The van der Waals surface area contributed by atoms with Gasteiger partial charge < -0.3 is 5.11 Å². The molecule has 0 heterocycles. The topological polar surface area (TPSA) is 80.4 Å². The number of carbonyl (C=O) groups is 1. The third-order valence-corrected chi connectivity index (χ3v) is 3.79. The van der Waals surface area contributed by atoms with Crippen molar-refractivity contribution in [3.63, 3.8) is 0 Å². The zero-order valence-corrected chi connectivity index (χ0v) is 11.6. The molecule has 0 amide bonds. The van der Waals surface area contributed by atoms with Crippen molar-refractivity contribution in [1.82, 2.24) is 0 Å². The van der Waals surface area contributed by atoms with Crippen LogP contribution >= 0.6 is 22.6 Å². The minimum Gasteiger partial charge on any atom is -0.502 e. The van der Waals surface area contributed by atoms with Crippen LogP contribution in [0.25, 0.3) is 0 Å². The number of alkyl halides is 1. The molecule has 0 spiro atoms. The second kappa shape index (κ2) is 5.44. The molecule has 0 saturated carbocycles. The number of halogens is 1. The molecular weight excluding hydrogens is 337 g/mol. The maximum absolute atomic E-state index is 11.9. The molecule has 6 heteroatoms. The molecule has 5 nitrogen and oxygen atoms in total. The van der Waals surface area contributed by atoms with Gasteiger partial charge in [-0.05, 0) is 25.0 Å². The van der Waals surface area contributed by atoms with Gasteiger partial charge in [-0.1, -0.05) is 29.5 Å². The van der Waals surface area contributed by atoms with E-state index in [9.17, 15) is 20.0 Å². The maximum Gasteiger partial charge on any atom is 0.311 e. The van der Waals surface area contributed by atoms with Crippen LogP contribution in [0.4, 0.5) is 5.69 Å². The first-order valence-electron chi connectivity index (χ1n) is 5.04. The first-order valence-corrected chi connectivity index (χ1v) is 6.29. The summed E-state index contributed by atoms with van der Waals surface area (Å²) in [7, 11) is 0. The van der Waals surface area contributed by atoms with Crippen LogP contribution in [0.1, 0.15) is 29.3 Å². The summed E-state index contributed by atoms with van der Waals surface area (Å²) in [6.07, 6.45) is 0.612. The van der Waals surface area contributed by atoms with Crippen LogP contribution in [0.2, 0.25) is 0 Å². The molecule has 0 bridgehead atoms. The number of aromatic hydroxyl groups is 1. The number of phenolic OH excluding ortho intramolecular Hbond substituents is 1. The molecule has 0 aliphatic rings. The van der Waals surface area contributed by atoms with E-state index in [-0.39, 0.29) is 15.3 Å². The molecule has 1 N–H and O–H groups in total. The van der Waals surface area contributed by atoms with Gasteiger partial charge >= 0.3 is 5.69 Å². The Bertz CT molecular complexity index is 473. The highest BCUT2D eigenvalue weighted by atomic mass is 127. The van der Waals surface area contributed by atoms with E-state index in [0.717, 1.165) is 0 Å². The van der Waals surface area contributed by atoms with Gasteiger partial charge in [0.2, 0.25) is 5.75 Å². The van der Waals surface area contributed by atoms with Crippen LogP contribution in [0.3, 0.4) is 0 Å². The maximum atomic E-state index is 11.9. The number of hydrogen-bond donors (Lipinski definition) is 1. The van der Waals surface area contributed by atoms with E-state index < -0.39 is 16.4 Å². The van der Waals surface area contributed by atoms with Crippen molar-refractivity contribution in [1.29, 1.82) is 0 Å². The number of aryl methyl sites for hydroxylation is 1. The van der Waals surface area contributed by atoms with E-state index in [2.05, 4.69) is 0 Å². The van der Waals surface area contributed by atoms with Gasteiger partial charge in [-0.2, -0.15) is 0 Å². The lowest BCUT2D eigenvalue weighted by Gasteiger charge is -2.09. The molecule has 1 rings (SSSR count). The molecule has 0 fully saturated rings. The number of benzene rings is 1. The number of nitro benzene ring substituents is 1. The van der Waals surface area contributed by atoms with Crippen molar-refractivity contribution in [2.75, 3.05) is 0 Å². The van der Waals surface area contributed by atoms with Crippen LogP contribution in [-0.4, -0.2) is 19.7 Å². The fraction of sp³-hybridized carbons (Fsp3) is 0.364. The number of Topliss-reactive ketones (excluding diaryl/α,β-unsaturated/α-hetero) is 1. The Morgan fingerprint density at radius 2 is 2.18 bits per heavy atom. The Hall–Kier alpha value is -1.18. The van der Waals surface area contributed by atoms with Gasteiger partial charge in [0.25, 0.3) is 0 Å². The lowest BCUT2D eigenvalue weighted by Crippen LogP contribution is -2.13. The summed E-state index contributed by atoms with van der Waals surface area (Å²) in [5.74, 6) is -0.821. The van der Waals surface area contributed by atoms with E-state index in [1.54, 1.807) is 6.92 Å². The molecule has 0 aliphatic carbocycles. The molecule has 1 atom stereocenters. The summed E-state index contributed by atoms with van der Waals surface area (Å²) >= 11 is 1.96. The molecule has 17 heavy (non-hydrogen) atoms. The van der Waals surface area contributed by atoms with E-state index in [4.69, 9.17) is 0 Å². The third kappa shape index (κ3) is 2.93. The summed E-state index contributed by atoms with van der Waals surface area (Å²) in [5, 5.41) is 20.5. The lowest BCUT2D eigenvalue weighted by atomic mass is 10.0. The second-order valence-corrected chi connectivity index (χ2v) is 5.18. The highest BCUT2D eigenvalue weighted by Crippen LogP contribution is 2.33. The fourth-order valence-electron chi connectivity index (χ4n) is 1.44. The zero-order valence-electron chi connectivity index (χ0n) is 9.44. The molecule has 0 radical (unpaired) electrons. The van der Waals surface area contributed by atoms with Crippen molar-refractivity contribution in [3.05, 3.63) is 33.4 Å². The zero-order chi connectivity index (χ0) is 13.2. The van der Waals surface area contributed by atoms with E-state index >= 15 is 0 Å². The number of nitrogens with zero attached hydrogens (tertiary/aromatic N) is 1. The molecule has 0 saturated heterocycles. The number of nitro groups is 1. The molecule has 0 aliphatic heterocycles. The molecule has 1 aromatic rings. The Morgan fingerprint density at radius 1 is 1.59 bits per heavy atom. The smallest absolute Gasteiger partial charge is 0.311 e. The van der Waals surface area contributed by atoms with Crippen LogP contribution in [0.15, 0.2) is 12.1 Å². The van der Waals surface area contributed by atoms with Crippen molar-refractivity contribution in [2.45, 2.75) is 24.2 Å². The molecule has 1 aromatic carbocycles. The van der Waals surface area contributed by atoms with Crippen LogP contribution in [0.5, 0.6) is 5.75 Å². The van der Waals surface area contributed by atoms with Gasteiger partial charge in [-0.25, -0.2) is 0 Å². The Kier molecular flexibility index (Phi) is 4.44. The first-order chi connectivity index (χ1) is 7.88. The number of ketones is 1. The van der Waals surface area contributed by atoms with Crippen molar-refractivity contribution >= 4 is 34.1 Å². The first kappa shape index (κ1) is 13.9. The average Bonchev–Trinajstić information content (AvgIpc) is 2.29. The van der Waals surface area contributed by atoms with E-state index in [1.165, 1.54) is 12.1 Å². The number of phenols is 1. The highest BCUT2D eigenvalue weighted by molar-refractivity contribution is 14.1. The quantitative estimate of drug-likeness (QED) is 0.298. The predicted molar refractivity (Wildman–Crippen MR) is 71.9 cm³/mol. The Morgan fingerprint density at radius 3 is 2.65 bits per heavy atom. The minimum atomic E-state index is -0.687. The minimum absolute atomic E-state index is 0.0259. The monoisotopic (exact) mass is 349 g/mol. The van der Waals surface area contributed by atoms with Gasteiger partial charge in [0.15, 0.2) is 5.78 Å². The molecule has 92 valence electrons. The SMILES string of the molecule is CCC(I)C(=O)c1cc(C)cc([N+](=O)[O-])c1O. The van der Waals surface area contributed by atoms with Crippen LogP contribution in [0, 0.1) is 17.0 Å². The van der Waals surface area contributed by atoms with Gasteiger partial charge in [0.1, 0.15) is 0 Å². The number of hydrogen-bond acceptors (Lipinski definition) is 4. The highest BCUT2D eigenvalue weighted by Gasteiger charge is 2.25. The van der Waals surface area contributed by atoms with Gasteiger partial charge in [-0.3, -0.25) is 14.9 Å². The van der Waals surface area contributed by atoms with Crippen molar-refractivity contribution in [3.8, 4) is 5.75 Å². The summed E-state index contributed by atoms with van der Waals surface area (Å²) in [4.78, 5) is 22.0. The largest absolute Gasteiger partial charge is 0.502 e. The van der Waals surface area contributed by atoms with Crippen molar-refractivity contribution in [2.24, 2.45) is 0 Å². The van der Waals surface area contributed by atoms with Crippen LogP contribution < -0.4 is 0 Å². The summed E-state index contributed by atoms with van der Waals surface area (Å²) in [6, 6.07) is 2.73. The normalized spacial score (nSPS) is 12.2.